The summed E-state index contributed by atoms with van der Waals surface area (Å²) < 4.78 is 19.9. The topological polar surface area (TPSA) is 71.1 Å². The van der Waals surface area contributed by atoms with E-state index in [0.717, 1.165) is 29.0 Å². The maximum atomic E-state index is 11.1. The molecule has 2 rings (SSSR count). The van der Waals surface area contributed by atoms with E-state index in [9.17, 15) is 9.59 Å². The van der Waals surface area contributed by atoms with Crippen LogP contribution in [0.4, 0.5) is 0 Å². The minimum absolute atomic E-state index is 0.145. The van der Waals surface area contributed by atoms with Crippen LogP contribution in [0, 0.1) is 0 Å². The molecule has 0 unspecified atom stereocenters. The summed E-state index contributed by atoms with van der Waals surface area (Å²) in [6.07, 6.45) is 1.30. The summed E-state index contributed by atoms with van der Waals surface area (Å²) in [5.74, 6) is 1.19. The number of carbonyl (C=O) groups excluding carboxylic acids is 2. The highest BCUT2D eigenvalue weighted by Gasteiger charge is 2.01. The fraction of sp³-hybridized carbons (Fsp3) is 0.364. The quantitative estimate of drug-likeness (QED) is 0.628. The van der Waals surface area contributed by atoms with Crippen LogP contribution in [0.5, 0.6) is 11.5 Å². The number of esters is 2. The first-order valence-corrected chi connectivity index (χ1v) is 9.03. The Balaban J connectivity index is 0.000000283. The van der Waals surface area contributed by atoms with Gasteiger partial charge in [0.2, 0.25) is 0 Å². The lowest BCUT2D eigenvalue weighted by Gasteiger charge is -2.05. The van der Waals surface area contributed by atoms with E-state index in [4.69, 9.17) is 18.9 Å². The predicted molar refractivity (Wildman–Crippen MR) is 106 cm³/mol. The first-order chi connectivity index (χ1) is 13.5. The molecule has 152 valence electrons. The minimum atomic E-state index is -0.268. The summed E-state index contributed by atoms with van der Waals surface area (Å²) in [7, 11) is 3.23. The highest BCUT2D eigenvalue weighted by Crippen LogP contribution is 2.12. The molecule has 0 spiro atoms. The van der Waals surface area contributed by atoms with Gasteiger partial charge in [0.25, 0.3) is 0 Å². The molecule has 0 aliphatic rings. The summed E-state index contributed by atoms with van der Waals surface area (Å²) in [6, 6.07) is 14.9. The molecule has 0 aliphatic carbocycles. The maximum Gasteiger partial charge on any atom is 0.306 e. The number of rotatable bonds is 8. The number of methoxy groups -OCH3 is 2. The Morgan fingerprint density at radius 2 is 1.18 bits per heavy atom. The number of hydrogen-bond acceptors (Lipinski definition) is 6. The predicted octanol–water partition coefficient (Wildman–Crippen LogP) is 4.30. The van der Waals surface area contributed by atoms with E-state index in [1.165, 1.54) is 6.92 Å². The van der Waals surface area contributed by atoms with Gasteiger partial charge < -0.3 is 18.9 Å². The smallest absolute Gasteiger partial charge is 0.306 e. The molecule has 0 N–H and O–H groups in total. The molecule has 2 aromatic carbocycles. The van der Waals surface area contributed by atoms with Gasteiger partial charge in [-0.3, -0.25) is 9.59 Å². The molecule has 6 heteroatoms. The second kappa shape index (κ2) is 13.2. The molecule has 0 fully saturated rings. The molecule has 0 bridgehead atoms. The molecule has 0 saturated heterocycles. The van der Waals surface area contributed by atoms with Crippen LogP contribution in [0.1, 0.15) is 37.8 Å². The summed E-state index contributed by atoms with van der Waals surface area (Å²) in [5.41, 5.74) is 1.93. The van der Waals surface area contributed by atoms with Crippen molar-refractivity contribution in [3.8, 4) is 11.5 Å². The Morgan fingerprint density at radius 1 is 0.750 bits per heavy atom. The van der Waals surface area contributed by atoms with E-state index in [1.54, 1.807) is 14.2 Å². The van der Waals surface area contributed by atoms with E-state index < -0.39 is 0 Å². The largest absolute Gasteiger partial charge is 0.497 e. The lowest BCUT2D eigenvalue weighted by molar-refractivity contribution is -0.145. The molecule has 0 aromatic heterocycles. The molecule has 6 nitrogen and oxygen atoms in total. The van der Waals surface area contributed by atoms with Crippen molar-refractivity contribution in [2.24, 2.45) is 0 Å². The molecule has 0 heterocycles. The first-order valence-electron chi connectivity index (χ1n) is 9.03. The van der Waals surface area contributed by atoms with E-state index in [0.29, 0.717) is 19.6 Å². The zero-order valence-electron chi connectivity index (χ0n) is 16.9. The molecule has 28 heavy (non-hydrogen) atoms. The van der Waals surface area contributed by atoms with Gasteiger partial charge in [0.15, 0.2) is 0 Å². The van der Waals surface area contributed by atoms with Crippen molar-refractivity contribution in [2.45, 2.75) is 39.9 Å². The van der Waals surface area contributed by atoms with Crippen LogP contribution in [0.15, 0.2) is 48.5 Å². The Bertz CT molecular complexity index is 707. The highest BCUT2D eigenvalue weighted by molar-refractivity contribution is 5.69. The molecule has 2 aromatic rings. The molecule has 0 saturated carbocycles. The third-order valence-corrected chi connectivity index (χ3v) is 3.61. The molecule has 0 amide bonds. The van der Waals surface area contributed by atoms with Gasteiger partial charge in [-0.2, -0.15) is 0 Å². The fourth-order valence-electron chi connectivity index (χ4n) is 2.07. The molecule has 0 atom stereocenters. The van der Waals surface area contributed by atoms with Gasteiger partial charge in [-0.1, -0.05) is 31.2 Å². The SMILES string of the molecule is CCCC(=O)OCc1ccc(OC)cc1.COc1ccc(COC(C)=O)cc1. The van der Waals surface area contributed by atoms with Crippen LogP contribution >= 0.6 is 0 Å². The highest BCUT2D eigenvalue weighted by atomic mass is 16.5. The van der Waals surface area contributed by atoms with Crippen LogP contribution < -0.4 is 9.47 Å². The average Bonchev–Trinajstić information content (AvgIpc) is 2.72. The Labute approximate surface area is 166 Å². The van der Waals surface area contributed by atoms with Gasteiger partial charge in [-0.05, 0) is 41.8 Å². The van der Waals surface area contributed by atoms with Crippen LogP contribution in [-0.4, -0.2) is 26.2 Å². The van der Waals surface area contributed by atoms with Gasteiger partial charge in [0, 0.05) is 13.3 Å². The minimum Gasteiger partial charge on any atom is -0.497 e. The average molecular weight is 388 g/mol. The molecule has 0 aliphatic heterocycles. The zero-order valence-corrected chi connectivity index (χ0v) is 16.9. The van der Waals surface area contributed by atoms with E-state index >= 15 is 0 Å². The molecule has 0 radical (unpaired) electrons. The first kappa shape index (κ1) is 23.0. The van der Waals surface area contributed by atoms with Gasteiger partial charge in [0.05, 0.1) is 14.2 Å². The van der Waals surface area contributed by atoms with Gasteiger partial charge >= 0.3 is 11.9 Å². The number of carbonyl (C=O) groups is 2. The Morgan fingerprint density at radius 3 is 1.54 bits per heavy atom. The fourth-order valence-corrected chi connectivity index (χ4v) is 2.07. The van der Waals surface area contributed by atoms with Crippen molar-refractivity contribution < 1.29 is 28.5 Å². The summed E-state index contributed by atoms with van der Waals surface area (Å²) >= 11 is 0. The third kappa shape index (κ3) is 9.62. The standard InChI is InChI=1S/C12H16O3.C10H12O3/c1-3-4-12(13)15-9-10-5-7-11(14-2)8-6-10;1-8(11)13-7-9-3-5-10(12-2)6-4-9/h5-8H,3-4,9H2,1-2H3;3-6H,7H2,1-2H3. The Kier molecular flexibility index (Phi) is 10.8. The van der Waals surface area contributed by atoms with Gasteiger partial charge in [-0.25, -0.2) is 0 Å². The summed E-state index contributed by atoms with van der Waals surface area (Å²) in [5, 5.41) is 0. The number of benzene rings is 2. The van der Waals surface area contributed by atoms with Crippen LogP contribution in [0.2, 0.25) is 0 Å². The summed E-state index contributed by atoms with van der Waals surface area (Å²) in [4.78, 5) is 21.6. The van der Waals surface area contributed by atoms with E-state index in [2.05, 4.69) is 0 Å². The van der Waals surface area contributed by atoms with Crippen molar-refractivity contribution in [1.29, 1.82) is 0 Å². The van der Waals surface area contributed by atoms with Crippen molar-refractivity contribution in [3.05, 3.63) is 59.7 Å². The summed E-state index contributed by atoms with van der Waals surface area (Å²) in [6.45, 7) is 4.00. The maximum absolute atomic E-state index is 11.1. The lowest BCUT2D eigenvalue weighted by atomic mass is 10.2. The van der Waals surface area contributed by atoms with Crippen molar-refractivity contribution in [1.82, 2.24) is 0 Å². The molecular formula is C22H28O6. The van der Waals surface area contributed by atoms with Crippen LogP contribution in [0.25, 0.3) is 0 Å². The lowest BCUT2D eigenvalue weighted by Crippen LogP contribution is -2.03. The van der Waals surface area contributed by atoms with Crippen molar-refractivity contribution >= 4 is 11.9 Å². The van der Waals surface area contributed by atoms with E-state index in [1.807, 2.05) is 55.5 Å². The van der Waals surface area contributed by atoms with Crippen LogP contribution in [0.3, 0.4) is 0 Å². The van der Waals surface area contributed by atoms with Gasteiger partial charge in [0.1, 0.15) is 24.7 Å². The Hall–Kier alpha value is -3.02. The van der Waals surface area contributed by atoms with Crippen molar-refractivity contribution in [3.63, 3.8) is 0 Å². The number of hydrogen-bond donors (Lipinski definition) is 0. The normalized spacial score (nSPS) is 9.57. The van der Waals surface area contributed by atoms with Crippen molar-refractivity contribution in [2.75, 3.05) is 14.2 Å². The zero-order chi connectivity index (χ0) is 20.8. The third-order valence-electron chi connectivity index (χ3n) is 3.61. The monoisotopic (exact) mass is 388 g/mol. The second-order valence-electron chi connectivity index (χ2n) is 5.89. The van der Waals surface area contributed by atoms with E-state index in [-0.39, 0.29) is 11.9 Å². The van der Waals surface area contributed by atoms with Crippen LogP contribution in [-0.2, 0) is 32.3 Å². The molecular weight excluding hydrogens is 360 g/mol. The second-order valence-corrected chi connectivity index (χ2v) is 5.89. The van der Waals surface area contributed by atoms with Gasteiger partial charge in [-0.15, -0.1) is 0 Å². The number of ether oxygens (including phenoxy) is 4.